The van der Waals surface area contributed by atoms with Crippen LogP contribution >= 0.6 is 0 Å². The van der Waals surface area contributed by atoms with Crippen molar-refractivity contribution in [3.05, 3.63) is 48.7 Å². The Morgan fingerprint density at radius 2 is 1.94 bits per heavy atom. The third-order valence-electron chi connectivity index (χ3n) is 2.74. The fraction of sp³-hybridized carbons (Fsp3) is 0.214. The van der Waals surface area contributed by atoms with Crippen LogP contribution in [0.2, 0.25) is 0 Å². The first kappa shape index (κ1) is 10.9. The second-order valence-electron chi connectivity index (χ2n) is 4.09. The van der Waals surface area contributed by atoms with Gasteiger partial charge in [-0.25, -0.2) is 4.98 Å². The molecule has 0 spiro atoms. The number of fused-ring (bicyclic) bond motifs is 1. The molecule has 0 fully saturated rings. The monoisotopic (exact) mass is 242 g/mol. The van der Waals surface area contributed by atoms with Gasteiger partial charge in [0, 0.05) is 6.20 Å². The first-order chi connectivity index (χ1) is 8.92. The Morgan fingerprint density at radius 1 is 1.11 bits per heavy atom. The molecule has 0 bridgehead atoms. The van der Waals surface area contributed by atoms with E-state index >= 15 is 0 Å². The number of benzene rings is 1. The third-order valence-corrected chi connectivity index (χ3v) is 2.74. The van der Waals surface area contributed by atoms with Gasteiger partial charge in [-0.15, -0.1) is 0 Å². The summed E-state index contributed by atoms with van der Waals surface area (Å²) in [5, 5.41) is 3.23. The van der Waals surface area contributed by atoms with Gasteiger partial charge < -0.3 is 14.8 Å². The van der Waals surface area contributed by atoms with Gasteiger partial charge in [-0.3, -0.25) is 0 Å². The Kier molecular flexibility index (Phi) is 3.00. The van der Waals surface area contributed by atoms with E-state index in [1.54, 1.807) is 6.20 Å². The fourth-order valence-corrected chi connectivity index (χ4v) is 1.85. The number of pyridine rings is 1. The van der Waals surface area contributed by atoms with Crippen molar-refractivity contribution >= 4 is 5.82 Å². The number of rotatable bonds is 3. The van der Waals surface area contributed by atoms with E-state index in [1.807, 2.05) is 42.5 Å². The Morgan fingerprint density at radius 3 is 2.78 bits per heavy atom. The van der Waals surface area contributed by atoms with Crippen LogP contribution < -0.4 is 14.8 Å². The number of nitrogens with one attached hydrogen (secondary N) is 1. The average Bonchev–Trinajstić information content (AvgIpc) is 2.46. The molecule has 0 unspecified atom stereocenters. The molecule has 0 amide bonds. The predicted molar refractivity (Wildman–Crippen MR) is 69.1 cm³/mol. The topological polar surface area (TPSA) is 43.4 Å². The van der Waals surface area contributed by atoms with E-state index in [-0.39, 0.29) is 6.10 Å². The molecule has 2 aromatic rings. The van der Waals surface area contributed by atoms with Crippen LogP contribution in [0.3, 0.4) is 0 Å². The summed E-state index contributed by atoms with van der Waals surface area (Å²) in [5.41, 5.74) is 0. The van der Waals surface area contributed by atoms with Crippen LogP contribution in [0.1, 0.15) is 0 Å². The number of aromatic nitrogens is 1. The lowest BCUT2D eigenvalue weighted by Crippen LogP contribution is -2.35. The quantitative estimate of drug-likeness (QED) is 0.897. The van der Waals surface area contributed by atoms with Gasteiger partial charge in [0.25, 0.3) is 0 Å². The maximum Gasteiger partial charge on any atom is 0.161 e. The van der Waals surface area contributed by atoms with Crippen molar-refractivity contribution in [3.8, 4) is 11.5 Å². The van der Waals surface area contributed by atoms with Crippen LogP contribution in [-0.4, -0.2) is 24.2 Å². The van der Waals surface area contributed by atoms with Crippen molar-refractivity contribution in [1.82, 2.24) is 4.98 Å². The van der Waals surface area contributed by atoms with Crippen molar-refractivity contribution < 1.29 is 9.47 Å². The minimum Gasteiger partial charge on any atom is -0.486 e. The maximum absolute atomic E-state index is 5.84. The third kappa shape index (κ3) is 2.37. The summed E-state index contributed by atoms with van der Waals surface area (Å²) in [4.78, 5) is 4.20. The molecule has 0 saturated carbocycles. The van der Waals surface area contributed by atoms with E-state index in [2.05, 4.69) is 10.3 Å². The zero-order chi connectivity index (χ0) is 12.2. The minimum atomic E-state index is 0.00176. The molecule has 4 heteroatoms. The Labute approximate surface area is 106 Å². The molecule has 0 aliphatic carbocycles. The van der Waals surface area contributed by atoms with E-state index in [0.717, 1.165) is 17.3 Å². The fourth-order valence-electron chi connectivity index (χ4n) is 1.85. The molecule has 1 aliphatic heterocycles. The highest BCUT2D eigenvalue weighted by Crippen LogP contribution is 2.30. The second-order valence-corrected chi connectivity index (χ2v) is 4.09. The number of hydrogen-bond acceptors (Lipinski definition) is 4. The van der Waals surface area contributed by atoms with E-state index in [1.165, 1.54) is 0 Å². The van der Waals surface area contributed by atoms with Crippen LogP contribution in [-0.2, 0) is 0 Å². The Hall–Kier alpha value is -2.23. The summed E-state index contributed by atoms with van der Waals surface area (Å²) in [6, 6.07) is 13.5. The molecule has 1 N–H and O–H groups in total. The number of para-hydroxylation sites is 2. The summed E-state index contributed by atoms with van der Waals surface area (Å²) < 4.78 is 11.5. The summed E-state index contributed by atoms with van der Waals surface area (Å²) in [6.07, 6.45) is 1.76. The highest BCUT2D eigenvalue weighted by Gasteiger charge is 2.20. The molecule has 4 nitrogen and oxygen atoms in total. The van der Waals surface area contributed by atoms with Gasteiger partial charge in [-0.1, -0.05) is 18.2 Å². The Balaban J connectivity index is 1.60. The van der Waals surface area contributed by atoms with E-state index < -0.39 is 0 Å². The summed E-state index contributed by atoms with van der Waals surface area (Å²) in [7, 11) is 0. The lowest BCUT2D eigenvalue weighted by molar-refractivity contribution is 0.0997. The highest BCUT2D eigenvalue weighted by atomic mass is 16.6. The molecule has 1 aromatic heterocycles. The number of hydrogen-bond donors (Lipinski definition) is 1. The van der Waals surface area contributed by atoms with E-state index in [4.69, 9.17) is 9.47 Å². The summed E-state index contributed by atoms with van der Waals surface area (Å²) in [5.74, 6) is 2.46. The van der Waals surface area contributed by atoms with Crippen molar-refractivity contribution in [3.63, 3.8) is 0 Å². The van der Waals surface area contributed by atoms with Crippen molar-refractivity contribution in [2.75, 3.05) is 18.5 Å². The summed E-state index contributed by atoms with van der Waals surface area (Å²) >= 11 is 0. The lowest BCUT2D eigenvalue weighted by Gasteiger charge is -2.26. The molecule has 0 radical (unpaired) electrons. The van der Waals surface area contributed by atoms with Gasteiger partial charge in [-0.05, 0) is 24.3 Å². The number of anilines is 1. The molecule has 3 rings (SSSR count). The van der Waals surface area contributed by atoms with Crippen LogP contribution in [0.4, 0.5) is 5.82 Å². The highest BCUT2D eigenvalue weighted by molar-refractivity contribution is 5.41. The van der Waals surface area contributed by atoms with Crippen LogP contribution in [0.15, 0.2) is 48.7 Å². The van der Waals surface area contributed by atoms with Crippen LogP contribution in [0, 0.1) is 0 Å². The average molecular weight is 242 g/mol. The first-order valence-corrected chi connectivity index (χ1v) is 5.95. The molecular weight excluding hydrogens is 228 g/mol. The molecule has 18 heavy (non-hydrogen) atoms. The maximum atomic E-state index is 5.84. The second kappa shape index (κ2) is 4.96. The summed E-state index contributed by atoms with van der Waals surface area (Å²) in [6.45, 7) is 1.22. The van der Waals surface area contributed by atoms with Crippen molar-refractivity contribution in [2.45, 2.75) is 6.10 Å². The molecule has 2 heterocycles. The molecule has 0 saturated heterocycles. The van der Waals surface area contributed by atoms with E-state index in [9.17, 15) is 0 Å². The standard InChI is InChI=1S/C14H14N2O2/c1-2-6-13-12(5-1)17-10-11(18-13)9-16-14-7-3-4-8-15-14/h1-8,11H,9-10H2,(H,15,16)/t11-/m1/s1. The van der Waals surface area contributed by atoms with Crippen LogP contribution in [0.5, 0.6) is 11.5 Å². The normalized spacial score (nSPS) is 17.2. The van der Waals surface area contributed by atoms with Crippen molar-refractivity contribution in [2.24, 2.45) is 0 Å². The molecule has 92 valence electrons. The van der Waals surface area contributed by atoms with Crippen LogP contribution in [0.25, 0.3) is 0 Å². The molecule has 1 atom stereocenters. The first-order valence-electron chi connectivity index (χ1n) is 5.95. The number of ether oxygens (including phenoxy) is 2. The number of nitrogens with zero attached hydrogens (tertiary/aromatic N) is 1. The minimum absolute atomic E-state index is 0.00176. The Bertz CT molecular complexity index is 516. The van der Waals surface area contributed by atoms with E-state index in [0.29, 0.717) is 13.2 Å². The SMILES string of the molecule is c1ccc(NC[C@@H]2COc3ccccc3O2)nc1. The van der Waals surface area contributed by atoms with Gasteiger partial charge in [-0.2, -0.15) is 0 Å². The van der Waals surface area contributed by atoms with Crippen molar-refractivity contribution in [1.29, 1.82) is 0 Å². The largest absolute Gasteiger partial charge is 0.486 e. The zero-order valence-electron chi connectivity index (χ0n) is 9.87. The lowest BCUT2D eigenvalue weighted by atomic mass is 10.2. The van der Waals surface area contributed by atoms with Gasteiger partial charge in [0.15, 0.2) is 11.5 Å². The van der Waals surface area contributed by atoms with Gasteiger partial charge in [0.1, 0.15) is 18.5 Å². The van der Waals surface area contributed by atoms with Gasteiger partial charge in [0.05, 0.1) is 6.54 Å². The van der Waals surface area contributed by atoms with Gasteiger partial charge in [0.2, 0.25) is 0 Å². The molecular formula is C14H14N2O2. The molecule has 1 aliphatic rings. The smallest absolute Gasteiger partial charge is 0.161 e. The zero-order valence-corrected chi connectivity index (χ0v) is 9.87. The van der Waals surface area contributed by atoms with Gasteiger partial charge >= 0.3 is 0 Å². The predicted octanol–water partition coefficient (Wildman–Crippen LogP) is 2.33. The molecule has 1 aromatic carbocycles.